The summed E-state index contributed by atoms with van der Waals surface area (Å²) in [6, 6.07) is 9.84. The van der Waals surface area contributed by atoms with E-state index in [0.29, 0.717) is 5.75 Å². The highest BCUT2D eigenvalue weighted by Gasteiger charge is 2.17. The van der Waals surface area contributed by atoms with E-state index < -0.39 is 5.95 Å². The normalized spacial score (nSPS) is 10.3. The van der Waals surface area contributed by atoms with Crippen LogP contribution in [-0.4, -0.2) is 41.2 Å². The zero-order valence-electron chi connectivity index (χ0n) is 12.2. The van der Waals surface area contributed by atoms with Crippen molar-refractivity contribution in [3.63, 3.8) is 0 Å². The van der Waals surface area contributed by atoms with Crippen LogP contribution in [-0.2, 0) is 6.54 Å². The summed E-state index contributed by atoms with van der Waals surface area (Å²) < 4.78 is 18.1. The average Bonchev–Trinajstić information content (AvgIpc) is 2.55. The van der Waals surface area contributed by atoms with Crippen molar-refractivity contribution in [2.24, 2.45) is 0 Å². The number of amides is 1. The summed E-state index contributed by atoms with van der Waals surface area (Å²) in [4.78, 5) is 17.4. The van der Waals surface area contributed by atoms with Gasteiger partial charge in [-0.05, 0) is 18.2 Å². The van der Waals surface area contributed by atoms with Gasteiger partial charge in [0.15, 0.2) is 0 Å². The van der Waals surface area contributed by atoms with Gasteiger partial charge in [0.25, 0.3) is 5.91 Å². The number of para-hydroxylation sites is 1. The van der Waals surface area contributed by atoms with Crippen molar-refractivity contribution in [1.82, 2.24) is 9.88 Å². The van der Waals surface area contributed by atoms with Crippen LogP contribution in [0.3, 0.4) is 0 Å². The molecule has 0 fully saturated rings. The van der Waals surface area contributed by atoms with Gasteiger partial charge in [0.05, 0.1) is 19.3 Å². The minimum atomic E-state index is -0.644. The van der Waals surface area contributed by atoms with Crippen molar-refractivity contribution in [2.45, 2.75) is 6.54 Å². The highest BCUT2D eigenvalue weighted by Crippen LogP contribution is 2.20. The lowest BCUT2D eigenvalue weighted by molar-refractivity contribution is 0.0706. The number of pyridine rings is 1. The number of ether oxygens (including phenoxy) is 1. The van der Waals surface area contributed by atoms with Gasteiger partial charge in [0.2, 0.25) is 5.95 Å². The first kappa shape index (κ1) is 15.9. The Morgan fingerprint density at radius 3 is 2.73 bits per heavy atom. The lowest BCUT2D eigenvalue weighted by Gasteiger charge is -2.22. The number of methoxy groups -OCH3 is 1. The van der Waals surface area contributed by atoms with Crippen LogP contribution in [0.2, 0.25) is 0 Å². The second-order valence-corrected chi connectivity index (χ2v) is 4.63. The van der Waals surface area contributed by atoms with E-state index in [1.165, 1.54) is 17.2 Å². The summed E-state index contributed by atoms with van der Waals surface area (Å²) in [5.74, 6) is -0.307. The molecule has 1 aromatic carbocycles. The summed E-state index contributed by atoms with van der Waals surface area (Å²) >= 11 is 0. The van der Waals surface area contributed by atoms with Crippen molar-refractivity contribution in [3.8, 4) is 5.75 Å². The molecule has 0 saturated carbocycles. The molecule has 0 atom stereocenters. The molecule has 2 rings (SSSR count). The molecule has 0 saturated heterocycles. The van der Waals surface area contributed by atoms with E-state index in [-0.39, 0.29) is 31.2 Å². The third-order valence-electron chi connectivity index (χ3n) is 3.19. The van der Waals surface area contributed by atoms with Crippen LogP contribution in [0.1, 0.15) is 15.9 Å². The third-order valence-corrected chi connectivity index (χ3v) is 3.19. The van der Waals surface area contributed by atoms with Gasteiger partial charge in [-0.1, -0.05) is 18.2 Å². The molecule has 0 aliphatic rings. The molecule has 6 heteroatoms. The number of halogens is 1. The molecular formula is C16H17FN2O3. The van der Waals surface area contributed by atoms with Crippen LogP contribution in [0.5, 0.6) is 5.75 Å². The fraction of sp³-hybridized carbons (Fsp3) is 0.250. The van der Waals surface area contributed by atoms with Crippen LogP contribution in [0.25, 0.3) is 0 Å². The number of carbonyl (C=O) groups is 1. The topological polar surface area (TPSA) is 62.7 Å². The van der Waals surface area contributed by atoms with E-state index in [2.05, 4.69) is 4.98 Å². The number of carbonyl (C=O) groups excluding carboxylic acids is 1. The SMILES string of the molecule is COc1ccccc1CN(CCO)C(=O)c1ccc(F)nc1. The first-order chi connectivity index (χ1) is 10.7. The number of nitrogens with zero attached hydrogens (tertiary/aromatic N) is 2. The largest absolute Gasteiger partial charge is 0.496 e. The van der Waals surface area contributed by atoms with Crippen LogP contribution in [0, 0.1) is 5.95 Å². The minimum absolute atomic E-state index is 0.161. The molecule has 1 aromatic heterocycles. The number of aromatic nitrogens is 1. The maximum atomic E-state index is 12.9. The van der Waals surface area contributed by atoms with Crippen molar-refractivity contribution >= 4 is 5.91 Å². The van der Waals surface area contributed by atoms with Crippen molar-refractivity contribution < 1.29 is 19.0 Å². The molecule has 1 heterocycles. The summed E-state index contributed by atoms with van der Waals surface area (Å²) in [6.07, 6.45) is 1.18. The van der Waals surface area contributed by atoms with Gasteiger partial charge >= 0.3 is 0 Å². The molecule has 2 aromatic rings. The molecule has 0 aliphatic heterocycles. The fourth-order valence-electron chi connectivity index (χ4n) is 2.10. The van der Waals surface area contributed by atoms with Gasteiger partial charge in [-0.25, -0.2) is 4.98 Å². The molecule has 1 amide bonds. The monoisotopic (exact) mass is 304 g/mol. The van der Waals surface area contributed by atoms with Crippen molar-refractivity contribution in [3.05, 3.63) is 59.7 Å². The highest BCUT2D eigenvalue weighted by molar-refractivity contribution is 5.93. The van der Waals surface area contributed by atoms with Gasteiger partial charge in [0, 0.05) is 24.8 Å². The van der Waals surface area contributed by atoms with Gasteiger partial charge in [-0.15, -0.1) is 0 Å². The van der Waals surface area contributed by atoms with E-state index in [1.807, 2.05) is 18.2 Å². The Kier molecular flexibility index (Phi) is 5.43. The molecular weight excluding hydrogens is 287 g/mol. The molecule has 1 N–H and O–H groups in total. The van der Waals surface area contributed by atoms with Crippen LogP contribution in [0.15, 0.2) is 42.6 Å². The zero-order chi connectivity index (χ0) is 15.9. The molecule has 5 nitrogen and oxygen atoms in total. The second-order valence-electron chi connectivity index (χ2n) is 4.63. The summed E-state index contributed by atoms with van der Waals surface area (Å²) in [5.41, 5.74) is 1.09. The fourth-order valence-corrected chi connectivity index (χ4v) is 2.10. The second kappa shape index (κ2) is 7.51. The quantitative estimate of drug-likeness (QED) is 0.828. The summed E-state index contributed by atoms with van der Waals surface area (Å²) in [6.45, 7) is 0.268. The number of hydrogen-bond donors (Lipinski definition) is 1. The predicted octanol–water partition coefficient (Wildman–Crippen LogP) is 1.86. The van der Waals surface area contributed by atoms with Crippen LogP contribution >= 0.6 is 0 Å². The van der Waals surface area contributed by atoms with Gasteiger partial charge in [-0.3, -0.25) is 4.79 Å². The smallest absolute Gasteiger partial charge is 0.255 e. The van der Waals surface area contributed by atoms with E-state index in [4.69, 9.17) is 4.74 Å². The lowest BCUT2D eigenvalue weighted by atomic mass is 10.1. The van der Waals surface area contributed by atoms with Crippen molar-refractivity contribution in [1.29, 1.82) is 0 Å². The maximum Gasteiger partial charge on any atom is 0.255 e. The number of hydrogen-bond acceptors (Lipinski definition) is 4. The molecule has 0 aliphatic carbocycles. The molecule has 0 spiro atoms. The highest BCUT2D eigenvalue weighted by atomic mass is 19.1. The maximum absolute atomic E-state index is 12.9. The molecule has 22 heavy (non-hydrogen) atoms. The average molecular weight is 304 g/mol. The standard InChI is InChI=1S/C16H17FN2O3/c1-22-14-5-3-2-4-13(14)11-19(8-9-20)16(21)12-6-7-15(17)18-10-12/h2-7,10,20H,8-9,11H2,1H3. The van der Waals surface area contributed by atoms with E-state index in [9.17, 15) is 14.3 Å². The lowest BCUT2D eigenvalue weighted by Crippen LogP contribution is -2.33. The van der Waals surface area contributed by atoms with Gasteiger partial charge in [0.1, 0.15) is 5.75 Å². The van der Waals surface area contributed by atoms with E-state index in [1.54, 1.807) is 13.2 Å². The molecule has 0 unspecified atom stereocenters. The number of aliphatic hydroxyl groups excluding tert-OH is 1. The van der Waals surface area contributed by atoms with Gasteiger partial charge < -0.3 is 14.7 Å². The van der Waals surface area contributed by atoms with Crippen molar-refractivity contribution in [2.75, 3.05) is 20.3 Å². The first-order valence-electron chi connectivity index (χ1n) is 6.79. The molecule has 0 bridgehead atoms. The number of benzene rings is 1. The third kappa shape index (κ3) is 3.79. The predicted molar refractivity (Wildman–Crippen MR) is 79.0 cm³/mol. The van der Waals surface area contributed by atoms with E-state index >= 15 is 0 Å². The first-order valence-corrected chi connectivity index (χ1v) is 6.79. The Morgan fingerprint density at radius 1 is 1.32 bits per heavy atom. The Bertz CT molecular complexity index is 632. The Labute approximate surface area is 128 Å². The van der Waals surface area contributed by atoms with Crippen LogP contribution in [0.4, 0.5) is 4.39 Å². The summed E-state index contributed by atoms with van der Waals surface area (Å²) in [7, 11) is 1.56. The Morgan fingerprint density at radius 2 is 2.09 bits per heavy atom. The van der Waals surface area contributed by atoms with Crippen LogP contribution < -0.4 is 4.74 Å². The molecule has 116 valence electrons. The number of rotatable bonds is 6. The van der Waals surface area contributed by atoms with E-state index in [0.717, 1.165) is 11.6 Å². The Balaban J connectivity index is 2.22. The Hall–Kier alpha value is -2.47. The zero-order valence-corrected chi connectivity index (χ0v) is 12.2. The summed E-state index contributed by atoms with van der Waals surface area (Å²) in [5, 5.41) is 9.18. The number of aliphatic hydroxyl groups is 1. The van der Waals surface area contributed by atoms with Gasteiger partial charge in [-0.2, -0.15) is 4.39 Å². The minimum Gasteiger partial charge on any atom is -0.496 e. The molecule has 0 radical (unpaired) electrons.